The molecule has 3 aromatic rings. The zero-order valence-electron chi connectivity index (χ0n) is 15.2. The van der Waals surface area contributed by atoms with Gasteiger partial charge in [0.05, 0.1) is 18.4 Å². The SMILES string of the molecule is COc1ccc(NC(=O)c2ccc(OCc3c(C)noc3C)cc2)cc1F. The lowest BCUT2D eigenvalue weighted by molar-refractivity contribution is 0.102. The van der Waals surface area contributed by atoms with Crippen LogP contribution in [0.15, 0.2) is 47.0 Å². The molecule has 1 heterocycles. The van der Waals surface area contributed by atoms with E-state index in [-0.39, 0.29) is 11.7 Å². The first kappa shape index (κ1) is 18.4. The molecule has 0 radical (unpaired) electrons. The van der Waals surface area contributed by atoms with Crippen molar-refractivity contribution >= 4 is 11.6 Å². The van der Waals surface area contributed by atoms with Gasteiger partial charge in [-0.25, -0.2) is 4.39 Å². The Morgan fingerprint density at radius 3 is 2.52 bits per heavy atom. The maximum Gasteiger partial charge on any atom is 0.255 e. The fourth-order valence-corrected chi connectivity index (χ4v) is 2.51. The minimum absolute atomic E-state index is 0.118. The van der Waals surface area contributed by atoms with Gasteiger partial charge in [-0.3, -0.25) is 4.79 Å². The van der Waals surface area contributed by atoms with Crippen molar-refractivity contribution in [1.29, 1.82) is 0 Å². The van der Waals surface area contributed by atoms with Crippen LogP contribution >= 0.6 is 0 Å². The van der Waals surface area contributed by atoms with Crippen LogP contribution in [0.5, 0.6) is 11.5 Å². The summed E-state index contributed by atoms with van der Waals surface area (Å²) in [4.78, 5) is 12.3. The van der Waals surface area contributed by atoms with E-state index in [1.54, 1.807) is 30.3 Å². The molecule has 1 N–H and O–H groups in total. The van der Waals surface area contributed by atoms with E-state index in [0.29, 0.717) is 23.6 Å². The molecule has 7 heteroatoms. The van der Waals surface area contributed by atoms with Crippen molar-refractivity contribution in [2.75, 3.05) is 12.4 Å². The predicted molar refractivity (Wildman–Crippen MR) is 97.7 cm³/mol. The standard InChI is InChI=1S/C20H19FN2O4/c1-12-17(13(2)27-23-12)11-26-16-7-4-14(5-8-16)20(24)22-15-6-9-19(25-3)18(21)10-15/h4-10H,11H2,1-3H3,(H,22,24). The van der Waals surface area contributed by atoms with Gasteiger partial charge in [-0.2, -0.15) is 0 Å². The van der Waals surface area contributed by atoms with Crippen LogP contribution in [0, 0.1) is 19.7 Å². The van der Waals surface area contributed by atoms with Crippen molar-refractivity contribution in [3.63, 3.8) is 0 Å². The molecule has 6 nitrogen and oxygen atoms in total. The Kier molecular flexibility index (Phi) is 5.40. The van der Waals surface area contributed by atoms with Crippen molar-refractivity contribution in [2.24, 2.45) is 0 Å². The molecule has 27 heavy (non-hydrogen) atoms. The highest BCUT2D eigenvalue weighted by Crippen LogP contribution is 2.22. The van der Waals surface area contributed by atoms with Crippen molar-refractivity contribution in [1.82, 2.24) is 5.16 Å². The second-order valence-electron chi connectivity index (χ2n) is 5.92. The topological polar surface area (TPSA) is 73.6 Å². The summed E-state index contributed by atoms with van der Waals surface area (Å²) in [7, 11) is 1.38. The maximum absolute atomic E-state index is 13.7. The van der Waals surface area contributed by atoms with E-state index in [1.807, 2.05) is 13.8 Å². The van der Waals surface area contributed by atoms with Gasteiger partial charge in [0.15, 0.2) is 11.6 Å². The molecular formula is C20H19FN2O4. The highest BCUT2D eigenvalue weighted by Gasteiger charge is 2.11. The van der Waals surface area contributed by atoms with Crippen molar-refractivity contribution in [2.45, 2.75) is 20.5 Å². The number of hydrogen-bond acceptors (Lipinski definition) is 5. The van der Waals surface area contributed by atoms with E-state index >= 15 is 0 Å². The Balaban J connectivity index is 1.62. The van der Waals surface area contributed by atoms with Gasteiger partial charge in [0.2, 0.25) is 0 Å². The van der Waals surface area contributed by atoms with Gasteiger partial charge in [0.1, 0.15) is 18.1 Å². The number of methoxy groups -OCH3 is 1. The number of ether oxygens (including phenoxy) is 2. The fraction of sp³-hybridized carbons (Fsp3) is 0.200. The molecule has 0 aliphatic heterocycles. The summed E-state index contributed by atoms with van der Waals surface area (Å²) in [5.41, 5.74) is 2.46. The van der Waals surface area contributed by atoms with Gasteiger partial charge in [-0.05, 0) is 50.2 Å². The van der Waals surface area contributed by atoms with E-state index in [4.69, 9.17) is 14.0 Å². The molecule has 0 aliphatic carbocycles. The number of anilines is 1. The Morgan fingerprint density at radius 2 is 1.93 bits per heavy atom. The van der Waals surface area contributed by atoms with Crippen LogP contribution in [-0.2, 0) is 6.61 Å². The lowest BCUT2D eigenvalue weighted by Gasteiger charge is -2.09. The fourth-order valence-electron chi connectivity index (χ4n) is 2.51. The minimum Gasteiger partial charge on any atom is -0.494 e. The summed E-state index contributed by atoms with van der Waals surface area (Å²) in [6.45, 7) is 4.01. The zero-order chi connectivity index (χ0) is 19.4. The number of aromatic nitrogens is 1. The Hall–Kier alpha value is -3.35. The average molecular weight is 370 g/mol. The largest absolute Gasteiger partial charge is 0.494 e. The number of benzene rings is 2. The predicted octanol–water partition coefficient (Wildman–Crippen LogP) is 4.27. The number of hydrogen-bond donors (Lipinski definition) is 1. The number of nitrogens with zero attached hydrogens (tertiary/aromatic N) is 1. The molecular weight excluding hydrogens is 351 g/mol. The monoisotopic (exact) mass is 370 g/mol. The number of rotatable bonds is 6. The first-order valence-electron chi connectivity index (χ1n) is 8.27. The molecule has 1 amide bonds. The van der Waals surface area contributed by atoms with Crippen molar-refractivity contribution < 1.29 is 23.2 Å². The minimum atomic E-state index is -0.543. The van der Waals surface area contributed by atoms with Gasteiger partial charge >= 0.3 is 0 Å². The summed E-state index contributed by atoms with van der Waals surface area (Å²) in [6.07, 6.45) is 0. The van der Waals surface area contributed by atoms with Crippen LogP contribution in [0.1, 0.15) is 27.4 Å². The van der Waals surface area contributed by atoms with Crippen LogP contribution in [0.3, 0.4) is 0 Å². The normalized spacial score (nSPS) is 10.5. The first-order chi connectivity index (χ1) is 13.0. The summed E-state index contributed by atoms with van der Waals surface area (Å²) in [5, 5.41) is 6.52. The number of amides is 1. The Labute approximate surface area is 155 Å². The molecule has 1 aromatic heterocycles. The lowest BCUT2D eigenvalue weighted by atomic mass is 10.2. The average Bonchev–Trinajstić information content (AvgIpc) is 2.98. The summed E-state index contributed by atoms with van der Waals surface area (Å²) in [5.74, 6) is 0.556. The van der Waals surface area contributed by atoms with Gasteiger partial charge in [0, 0.05) is 17.3 Å². The summed E-state index contributed by atoms with van der Waals surface area (Å²) >= 11 is 0. The van der Waals surface area contributed by atoms with Crippen LogP contribution < -0.4 is 14.8 Å². The molecule has 2 aromatic carbocycles. The van der Waals surface area contributed by atoms with E-state index in [2.05, 4.69) is 10.5 Å². The molecule has 3 rings (SSSR count). The molecule has 0 aliphatic rings. The Morgan fingerprint density at radius 1 is 1.19 bits per heavy atom. The van der Waals surface area contributed by atoms with Gasteiger partial charge in [-0.15, -0.1) is 0 Å². The van der Waals surface area contributed by atoms with Crippen LogP contribution in [0.4, 0.5) is 10.1 Å². The third-order valence-corrected chi connectivity index (χ3v) is 4.09. The molecule has 0 fully saturated rings. The molecule has 0 spiro atoms. The van der Waals surface area contributed by atoms with E-state index < -0.39 is 5.82 Å². The number of nitrogens with one attached hydrogen (secondary N) is 1. The third-order valence-electron chi connectivity index (χ3n) is 4.09. The van der Waals surface area contributed by atoms with Crippen LogP contribution in [0.2, 0.25) is 0 Å². The van der Waals surface area contributed by atoms with Crippen LogP contribution in [0.25, 0.3) is 0 Å². The number of carbonyl (C=O) groups excluding carboxylic acids is 1. The smallest absolute Gasteiger partial charge is 0.255 e. The summed E-state index contributed by atoms with van der Waals surface area (Å²) in [6, 6.07) is 10.9. The quantitative estimate of drug-likeness (QED) is 0.701. The molecule has 0 saturated heterocycles. The molecule has 140 valence electrons. The van der Waals surface area contributed by atoms with Gasteiger partial charge in [0.25, 0.3) is 5.91 Å². The number of carbonyl (C=O) groups is 1. The molecule has 0 atom stereocenters. The first-order valence-corrected chi connectivity index (χ1v) is 8.27. The molecule has 0 bridgehead atoms. The maximum atomic E-state index is 13.7. The van der Waals surface area contributed by atoms with Crippen LogP contribution in [-0.4, -0.2) is 18.2 Å². The lowest BCUT2D eigenvalue weighted by Crippen LogP contribution is -2.12. The van der Waals surface area contributed by atoms with E-state index in [9.17, 15) is 9.18 Å². The van der Waals surface area contributed by atoms with E-state index in [1.165, 1.54) is 19.2 Å². The third kappa shape index (κ3) is 4.25. The highest BCUT2D eigenvalue weighted by molar-refractivity contribution is 6.04. The summed E-state index contributed by atoms with van der Waals surface area (Å²) < 4.78 is 29.4. The molecule has 0 saturated carbocycles. The van der Waals surface area contributed by atoms with Crippen molar-refractivity contribution in [3.05, 3.63) is 70.9 Å². The second kappa shape index (κ2) is 7.90. The number of aryl methyl sites for hydroxylation is 2. The Bertz CT molecular complexity index is 932. The second-order valence-corrected chi connectivity index (χ2v) is 5.92. The number of halogens is 1. The van der Waals surface area contributed by atoms with Gasteiger partial charge < -0.3 is 19.3 Å². The molecule has 0 unspecified atom stereocenters. The zero-order valence-corrected chi connectivity index (χ0v) is 15.2. The van der Waals surface area contributed by atoms with Gasteiger partial charge in [-0.1, -0.05) is 5.16 Å². The van der Waals surface area contributed by atoms with E-state index in [0.717, 1.165) is 17.0 Å². The van der Waals surface area contributed by atoms with Crippen molar-refractivity contribution in [3.8, 4) is 11.5 Å². The highest BCUT2D eigenvalue weighted by atomic mass is 19.1.